The van der Waals surface area contributed by atoms with Crippen LogP contribution < -0.4 is 14.8 Å². The minimum absolute atomic E-state index is 0.0500. The van der Waals surface area contributed by atoms with Gasteiger partial charge in [0.2, 0.25) is 12.7 Å². The summed E-state index contributed by atoms with van der Waals surface area (Å²) < 4.78 is 10.5. The van der Waals surface area contributed by atoms with Crippen molar-refractivity contribution < 1.29 is 14.3 Å². The van der Waals surface area contributed by atoms with Crippen LogP contribution in [-0.2, 0) is 11.3 Å². The maximum atomic E-state index is 11.7. The average molecular weight is 267 g/mol. The molecule has 0 saturated carbocycles. The number of fused-ring (bicyclic) bond motifs is 1. The monoisotopic (exact) mass is 267 g/mol. The molecule has 0 spiro atoms. The molecule has 0 fully saturated rings. The van der Waals surface area contributed by atoms with Crippen LogP contribution in [0.5, 0.6) is 11.5 Å². The topological polar surface area (TPSA) is 47.6 Å². The molecular formula is C13H17NO3S. The molecular weight excluding hydrogens is 250 g/mol. The van der Waals surface area contributed by atoms with Gasteiger partial charge >= 0.3 is 0 Å². The summed E-state index contributed by atoms with van der Waals surface area (Å²) in [5.41, 5.74) is 0.983. The predicted octanol–water partition coefficient (Wildman–Crippen LogP) is 1.99. The van der Waals surface area contributed by atoms with Gasteiger partial charge in [-0.3, -0.25) is 4.79 Å². The highest BCUT2D eigenvalue weighted by Gasteiger charge is 2.18. The maximum Gasteiger partial charge on any atom is 0.233 e. The highest BCUT2D eigenvalue weighted by molar-refractivity contribution is 7.81. The van der Waals surface area contributed by atoms with Crippen LogP contribution in [0.3, 0.4) is 0 Å². The molecule has 1 aliphatic heterocycles. The van der Waals surface area contributed by atoms with E-state index in [1.165, 1.54) is 0 Å². The van der Waals surface area contributed by atoms with Crippen molar-refractivity contribution in [3.05, 3.63) is 23.8 Å². The molecule has 1 aliphatic rings. The molecule has 0 bridgehead atoms. The molecule has 4 nitrogen and oxygen atoms in total. The van der Waals surface area contributed by atoms with E-state index in [0.717, 1.165) is 17.1 Å². The van der Waals surface area contributed by atoms with Gasteiger partial charge < -0.3 is 14.8 Å². The Kier molecular flexibility index (Phi) is 4.01. The Morgan fingerprint density at radius 2 is 2.11 bits per heavy atom. The van der Waals surface area contributed by atoms with Gasteiger partial charge in [-0.05, 0) is 23.6 Å². The standard InChI is InChI=1S/C13H17NO3S/c1-8(2)12(18)13(15)14-6-9-3-4-10-11(5-9)17-7-16-10/h3-5,8,12,18H,6-7H2,1-2H3,(H,14,15). The summed E-state index contributed by atoms with van der Waals surface area (Å²) in [5.74, 6) is 1.64. The number of ether oxygens (including phenoxy) is 2. The van der Waals surface area contributed by atoms with Crippen LogP contribution in [-0.4, -0.2) is 18.0 Å². The third kappa shape index (κ3) is 2.90. The van der Waals surface area contributed by atoms with Crippen molar-refractivity contribution in [1.82, 2.24) is 5.32 Å². The molecule has 1 aromatic carbocycles. The van der Waals surface area contributed by atoms with Crippen molar-refractivity contribution in [1.29, 1.82) is 0 Å². The van der Waals surface area contributed by atoms with Crippen LogP contribution in [0.1, 0.15) is 19.4 Å². The highest BCUT2D eigenvalue weighted by atomic mass is 32.1. The molecule has 2 rings (SSSR count). The molecule has 1 N–H and O–H groups in total. The molecule has 1 atom stereocenters. The molecule has 0 aromatic heterocycles. The normalized spacial score (nSPS) is 14.7. The fourth-order valence-electron chi connectivity index (χ4n) is 1.65. The van der Waals surface area contributed by atoms with Crippen LogP contribution in [0.4, 0.5) is 0 Å². The molecule has 0 aliphatic carbocycles. The number of thiol groups is 1. The van der Waals surface area contributed by atoms with Crippen LogP contribution in [0, 0.1) is 5.92 Å². The number of carbonyl (C=O) groups is 1. The highest BCUT2D eigenvalue weighted by Crippen LogP contribution is 2.32. The zero-order valence-corrected chi connectivity index (χ0v) is 11.4. The Morgan fingerprint density at radius 3 is 2.83 bits per heavy atom. The molecule has 1 amide bonds. The Hall–Kier alpha value is -1.36. The number of hydrogen-bond donors (Lipinski definition) is 2. The maximum absolute atomic E-state index is 11.7. The fraction of sp³-hybridized carbons (Fsp3) is 0.462. The molecule has 18 heavy (non-hydrogen) atoms. The number of amides is 1. The quantitative estimate of drug-likeness (QED) is 0.820. The fourth-order valence-corrected chi connectivity index (χ4v) is 1.74. The number of carbonyl (C=O) groups excluding carboxylic acids is 1. The van der Waals surface area contributed by atoms with Gasteiger partial charge in [-0.15, -0.1) is 0 Å². The molecule has 1 heterocycles. The third-order valence-electron chi connectivity index (χ3n) is 2.80. The van der Waals surface area contributed by atoms with Crippen molar-refractivity contribution in [2.24, 2.45) is 5.92 Å². The third-order valence-corrected chi connectivity index (χ3v) is 3.63. The summed E-state index contributed by atoms with van der Waals surface area (Å²) in [6, 6.07) is 5.65. The van der Waals surface area contributed by atoms with Gasteiger partial charge in [0, 0.05) is 6.54 Å². The van der Waals surface area contributed by atoms with Crippen molar-refractivity contribution in [3.63, 3.8) is 0 Å². The smallest absolute Gasteiger partial charge is 0.233 e. The lowest BCUT2D eigenvalue weighted by molar-refractivity contribution is -0.121. The first-order chi connectivity index (χ1) is 8.58. The number of nitrogens with one attached hydrogen (secondary N) is 1. The van der Waals surface area contributed by atoms with Crippen LogP contribution in [0.25, 0.3) is 0 Å². The van der Waals surface area contributed by atoms with Crippen LogP contribution >= 0.6 is 12.6 Å². The lowest BCUT2D eigenvalue weighted by atomic mass is 10.1. The molecule has 1 aromatic rings. The van der Waals surface area contributed by atoms with E-state index in [1.54, 1.807) is 0 Å². The lowest BCUT2D eigenvalue weighted by Gasteiger charge is -2.14. The minimum atomic E-state index is -0.279. The van der Waals surface area contributed by atoms with Crippen molar-refractivity contribution in [2.45, 2.75) is 25.6 Å². The number of rotatable bonds is 4. The number of hydrogen-bond acceptors (Lipinski definition) is 4. The van der Waals surface area contributed by atoms with Crippen molar-refractivity contribution >= 4 is 18.5 Å². The molecule has 0 saturated heterocycles. The summed E-state index contributed by atoms with van der Waals surface area (Å²) in [5, 5.41) is 2.58. The first-order valence-electron chi connectivity index (χ1n) is 5.92. The Balaban J connectivity index is 1.93. The van der Waals surface area contributed by atoms with Gasteiger partial charge in [-0.2, -0.15) is 12.6 Å². The van der Waals surface area contributed by atoms with Crippen LogP contribution in [0.2, 0.25) is 0 Å². The van der Waals surface area contributed by atoms with Gasteiger partial charge in [0.1, 0.15) is 0 Å². The molecule has 0 radical (unpaired) electrons. The second-order valence-corrected chi connectivity index (χ2v) is 5.15. The van der Waals surface area contributed by atoms with Gasteiger partial charge in [0.15, 0.2) is 11.5 Å². The van der Waals surface area contributed by atoms with E-state index in [4.69, 9.17) is 9.47 Å². The molecule has 1 unspecified atom stereocenters. The molecule has 5 heteroatoms. The Labute approximate surface area is 112 Å². The summed E-state index contributed by atoms with van der Waals surface area (Å²) in [6.45, 7) is 4.67. The summed E-state index contributed by atoms with van der Waals surface area (Å²) in [4.78, 5) is 11.7. The van der Waals surface area contributed by atoms with Gasteiger partial charge in [0.25, 0.3) is 0 Å². The van der Waals surface area contributed by atoms with Crippen LogP contribution in [0.15, 0.2) is 18.2 Å². The Bertz CT molecular complexity index is 448. The average Bonchev–Trinajstić information content (AvgIpc) is 2.82. The summed E-state index contributed by atoms with van der Waals surface area (Å²) in [7, 11) is 0. The van der Waals surface area contributed by atoms with E-state index in [0.29, 0.717) is 6.54 Å². The van der Waals surface area contributed by atoms with E-state index in [1.807, 2.05) is 32.0 Å². The van der Waals surface area contributed by atoms with Crippen molar-refractivity contribution in [2.75, 3.05) is 6.79 Å². The zero-order valence-electron chi connectivity index (χ0n) is 10.5. The summed E-state index contributed by atoms with van der Waals surface area (Å²) in [6.07, 6.45) is 0. The lowest BCUT2D eigenvalue weighted by Crippen LogP contribution is -2.33. The predicted molar refractivity (Wildman–Crippen MR) is 72.0 cm³/mol. The van der Waals surface area contributed by atoms with Crippen molar-refractivity contribution in [3.8, 4) is 11.5 Å². The summed E-state index contributed by atoms with van der Waals surface area (Å²) >= 11 is 4.27. The van der Waals surface area contributed by atoms with Gasteiger partial charge in [-0.1, -0.05) is 19.9 Å². The second kappa shape index (κ2) is 5.52. The van der Waals surface area contributed by atoms with E-state index in [9.17, 15) is 4.79 Å². The largest absolute Gasteiger partial charge is 0.454 e. The van der Waals surface area contributed by atoms with E-state index in [2.05, 4.69) is 17.9 Å². The van der Waals surface area contributed by atoms with Gasteiger partial charge in [-0.25, -0.2) is 0 Å². The second-order valence-electron chi connectivity index (χ2n) is 4.59. The zero-order chi connectivity index (χ0) is 13.1. The van der Waals surface area contributed by atoms with E-state index >= 15 is 0 Å². The Morgan fingerprint density at radius 1 is 1.39 bits per heavy atom. The minimum Gasteiger partial charge on any atom is -0.454 e. The first-order valence-corrected chi connectivity index (χ1v) is 6.44. The number of benzene rings is 1. The van der Waals surface area contributed by atoms with E-state index in [-0.39, 0.29) is 23.9 Å². The first kappa shape index (κ1) is 13.1. The molecule has 98 valence electrons. The van der Waals surface area contributed by atoms with Gasteiger partial charge in [0.05, 0.1) is 5.25 Å². The van der Waals surface area contributed by atoms with E-state index < -0.39 is 0 Å². The SMILES string of the molecule is CC(C)C(S)C(=O)NCc1ccc2c(c1)OCO2.